The van der Waals surface area contributed by atoms with E-state index in [0.717, 1.165) is 12.0 Å². The first-order chi connectivity index (χ1) is 8.88. The Balaban J connectivity index is 1.64. The SMILES string of the molecule is CNCC1CCC(N2CCc3ccccc32)CC1. The number of hydrogen-bond acceptors (Lipinski definition) is 2. The van der Waals surface area contributed by atoms with Crippen molar-refractivity contribution < 1.29 is 0 Å². The molecule has 0 atom stereocenters. The quantitative estimate of drug-likeness (QED) is 0.879. The van der Waals surface area contributed by atoms with Crippen molar-refractivity contribution in [2.24, 2.45) is 5.92 Å². The maximum absolute atomic E-state index is 3.32. The lowest BCUT2D eigenvalue weighted by molar-refractivity contribution is 0.312. The molecule has 2 aliphatic rings. The Kier molecular flexibility index (Phi) is 3.55. The molecule has 2 heteroatoms. The Morgan fingerprint density at radius 2 is 1.94 bits per heavy atom. The van der Waals surface area contributed by atoms with E-state index in [-0.39, 0.29) is 0 Å². The first-order valence-electron chi connectivity index (χ1n) is 7.37. The van der Waals surface area contributed by atoms with Crippen LogP contribution >= 0.6 is 0 Å². The van der Waals surface area contributed by atoms with Crippen LogP contribution in [0.1, 0.15) is 31.2 Å². The zero-order valence-electron chi connectivity index (χ0n) is 11.4. The van der Waals surface area contributed by atoms with Gasteiger partial charge in [-0.2, -0.15) is 0 Å². The van der Waals surface area contributed by atoms with Gasteiger partial charge in [0.2, 0.25) is 0 Å². The van der Waals surface area contributed by atoms with Gasteiger partial charge in [0.15, 0.2) is 0 Å². The second-order valence-corrected chi connectivity index (χ2v) is 5.80. The fourth-order valence-electron chi connectivity index (χ4n) is 3.69. The number of benzene rings is 1. The predicted molar refractivity (Wildman–Crippen MR) is 77.2 cm³/mol. The molecular formula is C16H24N2. The van der Waals surface area contributed by atoms with Crippen LogP contribution in [0.4, 0.5) is 5.69 Å². The van der Waals surface area contributed by atoms with Crippen LogP contribution < -0.4 is 10.2 Å². The first kappa shape index (κ1) is 12.0. The van der Waals surface area contributed by atoms with E-state index in [9.17, 15) is 0 Å². The Hall–Kier alpha value is -1.02. The molecule has 0 radical (unpaired) electrons. The molecule has 1 aliphatic heterocycles. The maximum atomic E-state index is 3.32. The molecular weight excluding hydrogens is 220 g/mol. The summed E-state index contributed by atoms with van der Waals surface area (Å²) < 4.78 is 0. The highest BCUT2D eigenvalue weighted by atomic mass is 15.2. The van der Waals surface area contributed by atoms with E-state index in [1.165, 1.54) is 50.9 Å². The van der Waals surface area contributed by atoms with Crippen molar-refractivity contribution in [2.45, 2.75) is 38.1 Å². The molecule has 98 valence electrons. The molecule has 18 heavy (non-hydrogen) atoms. The highest BCUT2D eigenvalue weighted by molar-refractivity contribution is 5.58. The van der Waals surface area contributed by atoms with Gasteiger partial charge >= 0.3 is 0 Å². The third-order valence-electron chi connectivity index (χ3n) is 4.67. The fourth-order valence-corrected chi connectivity index (χ4v) is 3.69. The molecule has 1 aromatic carbocycles. The number of fused-ring (bicyclic) bond motifs is 1. The van der Waals surface area contributed by atoms with Gasteiger partial charge < -0.3 is 10.2 Å². The van der Waals surface area contributed by atoms with E-state index >= 15 is 0 Å². The molecule has 1 aromatic rings. The van der Waals surface area contributed by atoms with E-state index < -0.39 is 0 Å². The molecule has 0 saturated heterocycles. The van der Waals surface area contributed by atoms with Crippen LogP contribution in [0.25, 0.3) is 0 Å². The second kappa shape index (κ2) is 5.31. The Morgan fingerprint density at radius 1 is 1.17 bits per heavy atom. The van der Waals surface area contributed by atoms with Crippen molar-refractivity contribution in [3.63, 3.8) is 0 Å². The average molecular weight is 244 g/mol. The third-order valence-corrected chi connectivity index (χ3v) is 4.67. The van der Waals surface area contributed by atoms with E-state index in [0.29, 0.717) is 0 Å². The van der Waals surface area contributed by atoms with Crippen LogP contribution in [0.15, 0.2) is 24.3 Å². The van der Waals surface area contributed by atoms with Crippen molar-refractivity contribution in [3.8, 4) is 0 Å². The van der Waals surface area contributed by atoms with E-state index in [1.54, 1.807) is 5.56 Å². The number of nitrogens with zero attached hydrogens (tertiary/aromatic N) is 1. The molecule has 0 unspecified atom stereocenters. The number of anilines is 1. The van der Waals surface area contributed by atoms with Crippen molar-refractivity contribution in [2.75, 3.05) is 25.0 Å². The number of rotatable bonds is 3. The van der Waals surface area contributed by atoms with Crippen LogP contribution in [0, 0.1) is 5.92 Å². The molecule has 1 fully saturated rings. The number of nitrogens with one attached hydrogen (secondary N) is 1. The van der Waals surface area contributed by atoms with Gasteiger partial charge in [-0.3, -0.25) is 0 Å². The van der Waals surface area contributed by atoms with Crippen molar-refractivity contribution in [1.82, 2.24) is 5.32 Å². The van der Waals surface area contributed by atoms with Crippen LogP contribution in [0.5, 0.6) is 0 Å². The number of para-hydroxylation sites is 1. The molecule has 0 spiro atoms. The smallest absolute Gasteiger partial charge is 0.0402 e. The molecule has 1 aliphatic carbocycles. The fraction of sp³-hybridized carbons (Fsp3) is 0.625. The normalized spacial score (nSPS) is 27.3. The summed E-state index contributed by atoms with van der Waals surface area (Å²) in [5.74, 6) is 0.907. The van der Waals surface area contributed by atoms with Crippen LogP contribution in [0.3, 0.4) is 0 Å². The lowest BCUT2D eigenvalue weighted by atomic mass is 9.85. The average Bonchev–Trinajstić information content (AvgIpc) is 2.84. The maximum Gasteiger partial charge on any atom is 0.0402 e. The van der Waals surface area contributed by atoms with Crippen LogP contribution in [-0.2, 0) is 6.42 Å². The Morgan fingerprint density at radius 3 is 2.72 bits per heavy atom. The molecule has 0 bridgehead atoms. The summed E-state index contributed by atoms with van der Waals surface area (Å²) in [6.07, 6.45) is 6.78. The predicted octanol–water partition coefficient (Wildman–Crippen LogP) is 2.83. The van der Waals surface area contributed by atoms with Crippen LogP contribution in [-0.4, -0.2) is 26.2 Å². The van der Waals surface area contributed by atoms with Crippen molar-refractivity contribution in [3.05, 3.63) is 29.8 Å². The Labute approximate surface area is 110 Å². The molecule has 3 rings (SSSR count). The third kappa shape index (κ3) is 2.26. The van der Waals surface area contributed by atoms with Gasteiger partial charge in [-0.05, 0) is 63.2 Å². The summed E-state index contributed by atoms with van der Waals surface area (Å²) in [5.41, 5.74) is 3.06. The van der Waals surface area contributed by atoms with Crippen molar-refractivity contribution in [1.29, 1.82) is 0 Å². The molecule has 0 amide bonds. The van der Waals surface area contributed by atoms with Gasteiger partial charge in [-0.25, -0.2) is 0 Å². The lowest BCUT2D eigenvalue weighted by Gasteiger charge is -2.36. The van der Waals surface area contributed by atoms with Gasteiger partial charge in [0.25, 0.3) is 0 Å². The van der Waals surface area contributed by atoms with Gasteiger partial charge in [0.05, 0.1) is 0 Å². The molecule has 1 saturated carbocycles. The minimum atomic E-state index is 0.793. The molecule has 1 N–H and O–H groups in total. The largest absolute Gasteiger partial charge is 0.368 e. The highest BCUT2D eigenvalue weighted by Gasteiger charge is 2.29. The van der Waals surface area contributed by atoms with Gasteiger partial charge in [0, 0.05) is 18.3 Å². The van der Waals surface area contributed by atoms with Gasteiger partial charge in [-0.1, -0.05) is 18.2 Å². The van der Waals surface area contributed by atoms with Crippen molar-refractivity contribution >= 4 is 5.69 Å². The van der Waals surface area contributed by atoms with E-state index in [2.05, 4.69) is 41.5 Å². The summed E-state index contributed by atoms with van der Waals surface area (Å²) in [5, 5.41) is 3.32. The standard InChI is InChI=1S/C16H24N2/c1-17-12-13-6-8-15(9-7-13)18-11-10-14-4-2-3-5-16(14)18/h2-5,13,15,17H,6-12H2,1H3. The van der Waals surface area contributed by atoms with E-state index in [1.807, 2.05) is 0 Å². The zero-order valence-corrected chi connectivity index (χ0v) is 11.4. The molecule has 2 nitrogen and oxygen atoms in total. The Bertz CT molecular complexity index is 394. The highest BCUT2D eigenvalue weighted by Crippen LogP contribution is 2.35. The zero-order chi connectivity index (χ0) is 12.4. The molecule has 0 aromatic heterocycles. The summed E-state index contributed by atoms with van der Waals surface area (Å²) in [7, 11) is 2.07. The monoisotopic (exact) mass is 244 g/mol. The number of hydrogen-bond donors (Lipinski definition) is 1. The van der Waals surface area contributed by atoms with E-state index in [4.69, 9.17) is 0 Å². The summed E-state index contributed by atoms with van der Waals surface area (Å²) in [4.78, 5) is 2.67. The summed E-state index contributed by atoms with van der Waals surface area (Å²) in [6.45, 7) is 2.43. The topological polar surface area (TPSA) is 15.3 Å². The lowest BCUT2D eigenvalue weighted by Crippen LogP contribution is -2.38. The molecule has 1 heterocycles. The summed E-state index contributed by atoms with van der Waals surface area (Å²) in [6, 6.07) is 9.75. The van der Waals surface area contributed by atoms with Gasteiger partial charge in [0.1, 0.15) is 0 Å². The minimum absolute atomic E-state index is 0.793. The van der Waals surface area contributed by atoms with Gasteiger partial charge in [-0.15, -0.1) is 0 Å². The summed E-state index contributed by atoms with van der Waals surface area (Å²) >= 11 is 0. The minimum Gasteiger partial charge on any atom is -0.368 e. The second-order valence-electron chi connectivity index (χ2n) is 5.80. The van der Waals surface area contributed by atoms with Crippen LogP contribution in [0.2, 0.25) is 0 Å². The first-order valence-corrected chi connectivity index (χ1v) is 7.37.